The highest BCUT2D eigenvalue weighted by Gasteiger charge is 2.19. The molecule has 1 amide bonds. The van der Waals surface area contributed by atoms with E-state index in [-0.39, 0.29) is 18.3 Å². The first kappa shape index (κ1) is 16.7. The number of carbonyl (C=O) groups is 1. The summed E-state index contributed by atoms with van der Waals surface area (Å²) in [5.41, 5.74) is 0.900. The molecule has 134 valence electrons. The fraction of sp³-hybridized carbons (Fsp3) is 0.278. The van der Waals surface area contributed by atoms with Gasteiger partial charge in [0.2, 0.25) is 10.3 Å². The maximum atomic E-state index is 13.7. The van der Waals surface area contributed by atoms with Crippen LogP contribution < -0.4 is 10.2 Å². The quantitative estimate of drug-likeness (QED) is 0.749. The first-order valence-corrected chi connectivity index (χ1v) is 9.32. The van der Waals surface area contributed by atoms with Crippen LogP contribution in [-0.4, -0.2) is 33.8 Å². The van der Waals surface area contributed by atoms with Crippen LogP contribution >= 0.6 is 11.3 Å². The Morgan fingerprint density at radius 2 is 1.88 bits per heavy atom. The van der Waals surface area contributed by atoms with E-state index in [9.17, 15) is 9.18 Å². The van der Waals surface area contributed by atoms with Crippen molar-refractivity contribution in [3.8, 4) is 5.13 Å². The molecule has 26 heavy (non-hydrogen) atoms. The van der Waals surface area contributed by atoms with Crippen LogP contribution in [0.1, 0.15) is 28.9 Å². The van der Waals surface area contributed by atoms with Crippen molar-refractivity contribution >= 4 is 22.4 Å². The zero-order valence-electron chi connectivity index (χ0n) is 14.1. The van der Waals surface area contributed by atoms with Gasteiger partial charge in [0, 0.05) is 31.4 Å². The summed E-state index contributed by atoms with van der Waals surface area (Å²) in [5.74, 6) is -0.612. The van der Waals surface area contributed by atoms with Crippen molar-refractivity contribution in [3.05, 3.63) is 59.7 Å². The standard InChI is InChI=1S/C18H18FN5OS/c19-14-7-2-1-6-13(14)12-20-16(25)15-8-5-11-24(15)18-22-21-17(26-18)23-9-3-4-10-23/h1-2,5-8,11H,3-4,9-10,12H2,(H,20,25). The average molecular weight is 371 g/mol. The Morgan fingerprint density at radius 3 is 2.69 bits per heavy atom. The molecule has 1 aromatic carbocycles. The minimum absolute atomic E-state index is 0.131. The molecule has 0 unspecified atom stereocenters. The van der Waals surface area contributed by atoms with Gasteiger partial charge in [-0.05, 0) is 31.0 Å². The normalized spacial score (nSPS) is 14.0. The number of carbonyl (C=O) groups excluding carboxylic acids is 1. The lowest BCUT2D eigenvalue weighted by molar-refractivity contribution is 0.0944. The van der Waals surface area contributed by atoms with Gasteiger partial charge in [-0.25, -0.2) is 4.39 Å². The molecule has 4 rings (SSSR count). The Kier molecular flexibility index (Phi) is 4.66. The lowest BCUT2D eigenvalue weighted by Crippen LogP contribution is -2.25. The molecule has 3 heterocycles. The summed E-state index contributed by atoms with van der Waals surface area (Å²) in [6.07, 6.45) is 4.12. The van der Waals surface area contributed by atoms with E-state index >= 15 is 0 Å². The molecule has 8 heteroatoms. The number of nitrogens with zero attached hydrogens (tertiary/aromatic N) is 4. The zero-order valence-corrected chi connectivity index (χ0v) is 14.9. The van der Waals surface area contributed by atoms with E-state index < -0.39 is 0 Å². The summed E-state index contributed by atoms with van der Waals surface area (Å²) in [7, 11) is 0. The van der Waals surface area contributed by atoms with Gasteiger partial charge in [0.05, 0.1) is 0 Å². The third-order valence-electron chi connectivity index (χ3n) is 4.36. The van der Waals surface area contributed by atoms with Gasteiger partial charge in [0.25, 0.3) is 5.91 Å². The van der Waals surface area contributed by atoms with Crippen LogP contribution in [-0.2, 0) is 6.54 Å². The highest BCUT2D eigenvalue weighted by atomic mass is 32.1. The predicted octanol–water partition coefficient (Wildman–Crippen LogP) is 3.00. The van der Waals surface area contributed by atoms with Crippen molar-refractivity contribution in [2.45, 2.75) is 19.4 Å². The smallest absolute Gasteiger partial charge is 0.268 e. The summed E-state index contributed by atoms with van der Waals surface area (Å²) in [5, 5.41) is 12.8. The number of benzene rings is 1. The largest absolute Gasteiger partial charge is 0.347 e. The topological polar surface area (TPSA) is 63.1 Å². The van der Waals surface area contributed by atoms with Crippen molar-refractivity contribution < 1.29 is 9.18 Å². The monoisotopic (exact) mass is 371 g/mol. The molecule has 6 nitrogen and oxygen atoms in total. The van der Waals surface area contributed by atoms with Gasteiger partial charge in [-0.1, -0.05) is 29.5 Å². The second-order valence-electron chi connectivity index (χ2n) is 6.10. The SMILES string of the molecule is O=C(NCc1ccccc1F)c1cccn1-c1nnc(N2CCCC2)s1. The van der Waals surface area contributed by atoms with E-state index in [1.54, 1.807) is 41.1 Å². The van der Waals surface area contributed by atoms with Crippen LogP contribution in [0.3, 0.4) is 0 Å². The molecular formula is C18H18FN5OS. The van der Waals surface area contributed by atoms with Crippen LogP contribution in [0.5, 0.6) is 0 Å². The molecule has 1 aliphatic rings. The lowest BCUT2D eigenvalue weighted by Gasteiger charge is -2.11. The molecule has 1 saturated heterocycles. The first-order valence-electron chi connectivity index (χ1n) is 8.50. The van der Waals surface area contributed by atoms with Gasteiger partial charge < -0.3 is 10.2 Å². The average Bonchev–Trinajstić information content (AvgIpc) is 3.40. The molecule has 2 aromatic heterocycles. The molecular weight excluding hydrogens is 353 g/mol. The van der Waals surface area contributed by atoms with E-state index in [1.807, 2.05) is 0 Å². The summed E-state index contributed by atoms with van der Waals surface area (Å²) in [6.45, 7) is 2.12. The second-order valence-corrected chi connectivity index (χ2v) is 7.03. The Labute approximate surface area is 154 Å². The second kappa shape index (κ2) is 7.25. The fourth-order valence-corrected chi connectivity index (χ4v) is 3.88. The number of hydrogen-bond donors (Lipinski definition) is 1. The summed E-state index contributed by atoms with van der Waals surface area (Å²) in [6, 6.07) is 9.91. The summed E-state index contributed by atoms with van der Waals surface area (Å²) < 4.78 is 15.4. The molecule has 3 aromatic rings. The van der Waals surface area contributed by atoms with Crippen molar-refractivity contribution in [1.29, 1.82) is 0 Å². The first-order chi connectivity index (χ1) is 12.7. The molecule has 1 N–H and O–H groups in total. The van der Waals surface area contributed by atoms with Crippen LogP contribution in [0.2, 0.25) is 0 Å². The Balaban J connectivity index is 1.49. The van der Waals surface area contributed by atoms with E-state index in [1.165, 1.54) is 30.2 Å². The van der Waals surface area contributed by atoms with Crippen LogP contribution in [0.15, 0.2) is 42.6 Å². The van der Waals surface area contributed by atoms with Gasteiger partial charge in [-0.2, -0.15) is 0 Å². The Hall–Kier alpha value is -2.74. The Bertz CT molecular complexity index is 916. The van der Waals surface area contributed by atoms with Gasteiger partial charge in [-0.15, -0.1) is 10.2 Å². The number of halogens is 1. The third kappa shape index (κ3) is 3.32. The van der Waals surface area contributed by atoms with Gasteiger partial charge >= 0.3 is 0 Å². The number of aromatic nitrogens is 3. The Morgan fingerprint density at radius 1 is 1.12 bits per heavy atom. The van der Waals surface area contributed by atoms with E-state index in [0.717, 1.165) is 18.2 Å². The minimum Gasteiger partial charge on any atom is -0.347 e. The number of anilines is 1. The lowest BCUT2D eigenvalue weighted by atomic mass is 10.2. The number of hydrogen-bond acceptors (Lipinski definition) is 5. The summed E-state index contributed by atoms with van der Waals surface area (Å²) in [4.78, 5) is 14.8. The number of nitrogens with one attached hydrogen (secondary N) is 1. The molecule has 0 aliphatic carbocycles. The zero-order chi connectivity index (χ0) is 17.9. The van der Waals surface area contributed by atoms with Gasteiger partial charge in [0.1, 0.15) is 11.5 Å². The van der Waals surface area contributed by atoms with Crippen molar-refractivity contribution in [2.24, 2.45) is 0 Å². The number of rotatable bonds is 5. The maximum absolute atomic E-state index is 13.7. The molecule has 0 atom stereocenters. The predicted molar refractivity (Wildman–Crippen MR) is 98.3 cm³/mol. The highest BCUT2D eigenvalue weighted by molar-refractivity contribution is 7.17. The highest BCUT2D eigenvalue weighted by Crippen LogP contribution is 2.27. The van der Waals surface area contributed by atoms with E-state index in [2.05, 4.69) is 20.4 Å². The fourth-order valence-electron chi connectivity index (χ4n) is 2.98. The molecule has 0 radical (unpaired) electrons. The van der Waals surface area contributed by atoms with E-state index in [0.29, 0.717) is 16.4 Å². The van der Waals surface area contributed by atoms with Crippen molar-refractivity contribution in [1.82, 2.24) is 20.1 Å². The van der Waals surface area contributed by atoms with Crippen molar-refractivity contribution in [3.63, 3.8) is 0 Å². The minimum atomic E-state index is -0.331. The van der Waals surface area contributed by atoms with Gasteiger partial charge in [0.15, 0.2) is 0 Å². The number of amides is 1. The third-order valence-corrected chi connectivity index (χ3v) is 5.35. The maximum Gasteiger partial charge on any atom is 0.268 e. The van der Waals surface area contributed by atoms with Crippen molar-refractivity contribution in [2.75, 3.05) is 18.0 Å². The van der Waals surface area contributed by atoms with Crippen LogP contribution in [0.4, 0.5) is 9.52 Å². The summed E-state index contributed by atoms with van der Waals surface area (Å²) >= 11 is 1.46. The molecule has 1 fully saturated rings. The van der Waals surface area contributed by atoms with Crippen LogP contribution in [0, 0.1) is 5.82 Å². The molecule has 0 saturated carbocycles. The van der Waals surface area contributed by atoms with Crippen LogP contribution in [0.25, 0.3) is 5.13 Å². The molecule has 0 spiro atoms. The molecule has 1 aliphatic heterocycles. The van der Waals surface area contributed by atoms with E-state index in [4.69, 9.17) is 0 Å². The molecule has 0 bridgehead atoms. The van der Waals surface area contributed by atoms with Gasteiger partial charge in [-0.3, -0.25) is 9.36 Å².